The summed E-state index contributed by atoms with van der Waals surface area (Å²) in [6.45, 7) is 1.96. The van der Waals surface area contributed by atoms with Gasteiger partial charge in [0.15, 0.2) is 9.53 Å². The predicted molar refractivity (Wildman–Crippen MR) is 84.9 cm³/mol. The number of hydrogen-bond acceptors (Lipinski definition) is 3. The normalized spacial score (nSPS) is 14.7. The van der Waals surface area contributed by atoms with E-state index in [1.54, 1.807) is 6.08 Å². The Morgan fingerprint density at radius 3 is 2.79 bits per heavy atom. The zero-order valence-corrected chi connectivity index (χ0v) is 12.5. The SMILES string of the molecule is Cc1cccc(NC(=O)CC2=IC(O)=C(O)C=C2)c1. The van der Waals surface area contributed by atoms with E-state index in [4.69, 9.17) is 0 Å². The Balaban J connectivity index is 2.00. The van der Waals surface area contributed by atoms with Crippen molar-refractivity contribution >= 4 is 35.8 Å². The van der Waals surface area contributed by atoms with Gasteiger partial charge in [0, 0.05) is 5.69 Å². The van der Waals surface area contributed by atoms with E-state index in [0.29, 0.717) is 0 Å². The molecule has 1 aromatic rings. The topological polar surface area (TPSA) is 69.6 Å². The highest BCUT2D eigenvalue weighted by molar-refractivity contribution is 14.2. The Morgan fingerprint density at radius 1 is 1.32 bits per heavy atom. The van der Waals surface area contributed by atoms with Crippen LogP contribution in [0.3, 0.4) is 0 Å². The van der Waals surface area contributed by atoms with Crippen LogP contribution in [0, 0.1) is 6.92 Å². The third-order valence-electron chi connectivity index (χ3n) is 2.48. The zero-order chi connectivity index (χ0) is 13.8. The van der Waals surface area contributed by atoms with Gasteiger partial charge in [-0.05, 0) is 61.0 Å². The highest BCUT2D eigenvalue weighted by Gasteiger charge is 2.11. The number of amides is 1. The highest BCUT2D eigenvalue weighted by atomic mass is 127. The minimum atomic E-state index is -0.816. The Kier molecular flexibility index (Phi) is 4.36. The molecule has 2 rings (SSSR count). The van der Waals surface area contributed by atoms with Gasteiger partial charge in [0.05, 0.1) is 6.42 Å². The van der Waals surface area contributed by atoms with Gasteiger partial charge in [-0.2, -0.15) is 0 Å². The van der Waals surface area contributed by atoms with Crippen LogP contribution in [0.25, 0.3) is 0 Å². The van der Waals surface area contributed by atoms with Crippen LogP contribution in [0.5, 0.6) is 0 Å². The van der Waals surface area contributed by atoms with Gasteiger partial charge < -0.3 is 15.5 Å². The monoisotopic (exact) mass is 371 g/mol. The number of nitrogens with one attached hydrogen (secondary N) is 1. The van der Waals surface area contributed by atoms with Gasteiger partial charge in [-0.15, -0.1) is 0 Å². The lowest BCUT2D eigenvalue weighted by atomic mass is 10.2. The molecule has 0 aliphatic carbocycles. The van der Waals surface area contributed by atoms with E-state index in [-0.39, 0.29) is 21.9 Å². The number of carbonyl (C=O) groups is 1. The lowest BCUT2D eigenvalue weighted by Crippen LogP contribution is -2.15. The fourth-order valence-electron chi connectivity index (χ4n) is 1.61. The average Bonchev–Trinajstić information content (AvgIpc) is 2.34. The van der Waals surface area contributed by atoms with E-state index in [9.17, 15) is 15.0 Å². The van der Waals surface area contributed by atoms with Gasteiger partial charge in [0.25, 0.3) is 0 Å². The van der Waals surface area contributed by atoms with Crippen molar-refractivity contribution in [1.29, 1.82) is 0 Å². The third kappa shape index (κ3) is 3.92. The largest absolute Gasteiger partial charge is 0.504 e. The summed E-state index contributed by atoms with van der Waals surface area (Å²) in [6.07, 6.45) is 3.38. The number of rotatable bonds is 3. The van der Waals surface area contributed by atoms with Crippen molar-refractivity contribution in [2.24, 2.45) is 0 Å². The molecule has 0 fully saturated rings. The number of aryl methyl sites for hydroxylation is 1. The number of hydrogen-bond donors (Lipinski definition) is 3. The Bertz CT molecular complexity index is 602. The van der Waals surface area contributed by atoms with E-state index < -0.39 is 20.7 Å². The lowest BCUT2D eigenvalue weighted by Gasteiger charge is -2.08. The molecule has 0 unspecified atom stereocenters. The number of halogens is 1. The minimum absolute atomic E-state index is 0.0136. The fourth-order valence-corrected chi connectivity index (χ4v) is 3.62. The van der Waals surface area contributed by atoms with Crippen molar-refractivity contribution < 1.29 is 15.0 Å². The number of carbonyl (C=O) groups excluding carboxylic acids is 1. The van der Waals surface area contributed by atoms with Crippen LogP contribution in [-0.2, 0) is 4.79 Å². The van der Waals surface area contributed by atoms with E-state index in [1.807, 2.05) is 31.2 Å². The predicted octanol–water partition coefficient (Wildman–Crippen LogP) is 3.32. The first-order chi connectivity index (χ1) is 9.04. The zero-order valence-electron chi connectivity index (χ0n) is 10.4. The summed E-state index contributed by atoms with van der Waals surface area (Å²) in [6, 6.07) is 7.59. The van der Waals surface area contributed by atoms with Gasteiger partial charge in [-0.1, -0.05) is 12.1 Å². The molecule has 5 heteroatoms. The summed E-state index contributed by atoms with van der Waals surface area (Å²) in [7, 11) is 0. The average molecular weight is 371 g/mol. The molecule has 1 heterocycles. The first kappa shape index (κ1) is 13.8. The molecule has 19 heavy (non-hydrogen) atoms. The molecule has 0 atom stereocenters. The second-order valence-corrected chi connectivity index (χ2v) is 7.09. The van der Waals surface area contributed by atoms with Crippen molar-refractivity contribution in [3.05, 3.63) is 51.5 Å². The van der Waals surface area contributed by atoms with Crippen molar-refractivity contribution in [2.45, 2.75) is 13.3 Å². The minimum Gasteiger partial charge on any atom is -0.504 e. The first-order valence-electron chi connectivity index (χ1n) is 5.72. The van der Waals surface area contributed by atoms with Crippen molar-refractivity contribution in [2.75, 3.05) is 5.32 Å². The number of aliphatic hydroxyl groups excluding tert-OH is 2. The molecule has 100 valence electrons. The summed E-state index contributed by atoms with van der Waals surface area (Å²) in [5.74, 6) is -0.199. The Morgan fingerprint density at radius 2 is 2.11 bits per heavy atom. The van der Waals surface area contributed by atoms with Crippen LogP contribution in [0.4, 0.5) is 5.69 Å². The molecule has 0 saturated heterocycles. The van der Waals surface area contributed by atoms with Crippen molar-refractivity contribution in [1.82, 2.24) is 0 Å². The van der Waals surface area contributed by atoms with E-state index in [1.165, 1.54) is 6.08 Å². The lowest BCUT2D eigenvalue weighted by molar-refractivity contribution is -0.115. The van der Waals surface area contributed by atoms with Crippen LogP contribution in [0.2, 0.25) is 0 Å². The van der Waals surface area contributed by atoms with E-state index in [0.717, 1.165) is 14.8 Å². The van der Waals surface area contributed by atoms with Gasteiger partial charge >= 0.3 is 0 Å². The van der Waals surface area contributed by atoms with Gasteiger partial charge in [0.1, 0.15) is 0 Å². The standard InChI is InChI=1S/C14H14INO3/c1-9-3-2-4-11(7-9)16-13(18)8-10-5-6-12(17)14(19)15-10/h2-7,17,19H,8H2,1H3,(H,16,18). The van der Waals surface area contributed by atoms with Gasteiger partial charge in [0.2, 0.25) is 5.91 Å². The van der Waals surface area contributed by atoms with Gasteiger partial charge in [-0.25, -0.2) is 0 Å². The molecule has 0 saturated carbocycles. The third-order valence-corrected chi connectivity index (χ3v) is 4.97. The van der Waals surface area contributed by atoms with E-state index in [2.05, 4.69) is 5.32 Å². The maximum absolute atomic E-state index is 11.9. The van der Waals surface area contributed by atoms with Crippen LogP contribution in [0.15, 0.2) is 45.9 Å². The molecule has 1 aliphatic rings. The van der Waals surface area contributed by atoms with Crippen molar-refractivity contribution in [3.8, 4) is 0 Å². The summed E-state index contributed by atoms with van der Waals surface area (Å²) in [5, 5.41) is 21.5. The number of anilines is 1. The molecular weight excluding hydrogens is 357 g/mol. The van der Waals surface area contributed by atoms with Crippen LogP contribution >= 0.6 is 20.7 Å². The molecule has 3 N–H and O–H groups in total. The quantitative estimate of drug-likeness (QED) is 0.714. The molecule has 1 amide bonds. The highest BCUT2D eigenvalue weighted by Crippen LogP contribution is 2.23. The maximum Gasteiger partial charge on any atom is 0.229 e. The Labute approximate surface area is 121 Å². The summed E-state index contributed by atoms with van der Waals surface area (Å²) in [4.78, 5) is 11.9. The molecule has 1 aliphatic heterocycles. The van der Waals surface area contributed by atoms with Crippen LogP contribution in [0.1, 0.15) is 12.0 Å². The summed E-state index contributed by atoms with van der Waals surface area (Å²) < 4.78 is 0.888. The molecule has 0 radical (unpaired) electrons. The molecule has 0 bridgehead atoms. The van der Waals surface area contributed by atoms with Crippen molar-refractivity contribution in [3.63, 3.8) is 0 Å². The second-order valence-electron chi connectivity index (χ2n) is 4.15. The second kappa shape index (κ2) is 6.01. The first-order valence-corrected chi connectivity index (χ1v) is 7.88. The van der Waals surface area contributed by atoms with E-state index >= 15 is 0 Å². The van der Waals surface area contributed by atoms with Gasteiger partial charge in [-0.3, -0.25) is 4.79 Å². The number of allylic oxidation sites excluding steroid dienone is 2. The molecule has 0 spiro atoms. The van der Waals surface area contributed by atoms with Crippen LogP contribution < -0.4 is 5.32 Å². The molecule has 0 aromatic heterocycles. The molecule has 4 nitrogen and oxygen atoms in total. The summed E-state index contributed by atoms with van der Waals surface area (Å²) in [5.41, 5.74) is 1.85. The Hall–Kier alpha value is -1.63. The maximum atomic E-state index is 11.9. The molecular formula is C14H14INO3. The number of benzene rings is 1. The summed E-state index contributed by atoms with van der Waals surface area (Å²) >= 11 is -0.816. The smallest absolute Gasteiger partial charge is 0.229 e. The fraction of sp³-hybridized carbons (Fsp3) is 0.143. The molecule has 1 aromatic carbocycles. The number of aliphatic hydroxyl groups is 2. The van der Waals surface area contributed by atoms with Crippen LogP contribution in [-0.4, -0.2) is 19.6 Å².